The van der Waals surface area contributed by atoms with Crippen LogP contribution in [0.5, 0.6) is 0 Å². The van der Waals surface area contributed by atoms with Gasteiger partial charge in [0.15, 0.2) is 5.65 Å². The van der Waals surface area contributed by atoms with Gasteiger partial charge in [0.2, 0.25) is 5.82 Å². The number of rotatable bonds is 2. The van der Waals surface area contributed by atoms with Crippen LogP contribution in [0.15, 0.2) is 6.33 Å². The summed E-state index contributed by atoms with van der Waals surface area (Å²) in [7, 11) is 0. The van der Waals surface area contributed by atoms with Crippen LogP contribution in [0.2, 0.25) is 0 Å². The van der Waals surface area contributed by atoms with Gasteiger partial charge in [0.1, 0.15) is 11.2 Å². The molecular formula is C18H23N6OS+. The highest BCUT2D eigenvalue weighted by atomic mass is 32.1. The molecule has 1 fully saturated rings. The second-order valence-electron chi connectivity index (χ2n) is 7.23. The van der Waals surface area contributed by atoms with Crippen molar-refractivity contribution >= 4 is 33.1 Å². The first kappa shape index (κ1) is 16.1. The Morgan fingerprint density at radius 1 is 1.27 bits per heavy atom. The second kappa shape index (κ2) is 6.28. The van der Waals surface area contributed by atoms with Crippen molar-refractivity contribution in [2.24, 2.45) is 0 Å². The predicted molar refractivity (Wildman–Crippen MR) is 99.9 cm³/mol. The summed E-state index contributed by atoms with van der Waals surface area (Å²) in [5.74, 6) is 0.246. The van der Waals surface area contributed by atoms with Crippen molar-refractivity contribution in [3.8, 4) is 0 Å². The summed E-state index contributed by atoms with van der Waals surface area (Å²) >= 11 is 1.77. The van der Waals surface area contributed by atoms with Gasteiger partial charge >= 0.3 is 0 Å². The van der Waals surface area contributed by atoms with Gasteiger partial charge in [-0.25, -0.2) is 14.5 Å². The lowest BCUT2D eigenvalue weighted by Crippen LogP contribution is -3.14. The molecule has 8 heteroatoms. The highest BCUT2D eigenvalue weighted by Crippen LogP contribution is 2.36. The molecule has 0 atom stereocenters. The average molecular weight is 371 g/mol. The van der Waals surface area contributed by atoms with Gasteiger partial charge < -0.3 is 9.80 Å². The van der Waals surface area contributed by atoms with Gasteiger partial charge in [-0.05, 0) is 38.2 Å². The van der Waals surface area contributed by atoms with Crippen LogP contribution in [-0.2, 0) is 12.8 Å². The fourth-order valence-corrected chi connectivity index (χ4v) is 5.39. The van der Waals surface area contributed by atoms with E-state index in [-0.39, 0.29) is 5.91 Å². The van der Waals surface area contributed by atoms with E-state index in [2.05, 4.69) is 22.0 Å². The molecule has 1 saturated heterocycles. The lowest BCUT2D eigenvalue weighted by molar-refractivity contribution is -0.902. The van der Waals surface area contributed by atoms with Crippen LogP contribution in [0.3, 0.4) is 0 Å². The van der Waals surface area contributed by atoms with Crippen LogP contribution in [0, 0.1) is 0 Å². The van der Waals surface area contributed by atoms with Gasteiger partial charge in [-0.3, -0.25) is 4.79 Å². The van der Waals surface area contributed by atoms with Gasteiger partial charge in [0.25, 0.3) is 5.91 Å². The standard InChI is InChI=1S/C18H22N6OS/c1-2-22-7-9-23(10-8-22)18(25)15-20-16-14-12-5-3-4-6-13(12)26-17(14)19-11-24(16)21-15/h11H,2-10H2,1H3/p+1. The number of nitrogens with one attached hydrogen (secondary N) is 1. The van der Waals surface area contributed by atoms with E-state index in [9.17, 15) is 4.79 Å². The Kier molecular flexibility index (Phi) is 3.90. The van der Waals surface area contributed by atoms with Crippen LogP contribution in [0.25, 0.3) is 15.9 Å². The topological polar surface area (TPSA) is 67.8 Å². The lowest BCUT2D eigenvalue weighted by atomic mass is 9.97. The largest absolute Gasteiger partial charge is 0.332 e. The van der Waals surface area contributed by atoms with Gasteiger partial charge in [-0.15, -0.1) is 16.4 Å². The number of nitrogens with zero attached hydrogens (tertiary/aromatic N) is 5. The fourth-order valence-electron chi connectivity index (χ4n) is 4.17. The van der Waals surface area contributed by atoms with E-state index in [1.165, 1.54) is 23.3 Å². The molecule has 5 rings (SSSR count). The van der Waals surface area contributed by atoms with Crippen molar-refractivity contribution in [2.45, 2.75) is 32.6 Å². The molecule has 1 aliphatic carbocycles. The Morgan fingerprint density at radius 3 is 2.88 bits per heavy atom. The Balaban J connectivity index is 1.52. The van der Waals surface area contributed by atoms with Gasteiger partial charge in [-0.2, -0.15) is 0 Å². The van der Waals surface area contributed by atoms with E-state index in [0.717, 1.165) is 61.4 Å². The number of likely N-dealkylation sites (N-methyl/N-ethyl adjacent to an activating group) is 1. The van der Waals surface area contributed by atoms with Crippen molar-refractivity contribution in [2.75, 3.05) is 32.7 Å². The number of quaternary nitrogens is 1. The van der Waals surface area contributed by atoms with Crippen LogP contribution >= 0.6 is 11.3 Å². The van der Waals surface area contributed by atoms with E-state index >= 15 is 0 Å². The number of aromatic nitrogens is 4. The molecule has 26 heavy (non-hydrogen) atoms. The molecule has 0 bridgehead atoms. The Labute approximate surface area is 155 Å². The summed E-state index contributed by atoms with van der Waals surface area (Å²) in [5.41, 5.74) is 2.16. The molecule has 1 amide bonds. The third kappa shape index (κ3) is 2.51. The van der Waals surface area contributed by atoms with Crippen molar-refractivity contribution < 1.29 is 9.69 Å². The molecule has 2 aliphatic rings. The summed E-state index contributed by atoms with van der Waals surface area (Å²) in [6.07, 6.45) is 6.37. The molecule has 0 aromatic carbocycles. The highest BCUT2D eigenvalue weighted by molar-refractivity contribution is 7.19. The van der Waals surface area contributed by atoms with Crippen molar-refractivity contribution in [3.05, 3.63) is 22.6 Å². The monoisotopic (exact) mass is 371 g/mol. The lowest BCUT2D eigenvalue weighted by Gasteiger charge is -2.30. The molecule has 1 aliphatic heterocycles. The Bertz CT molecular complexity index is 985. The van der Waals surface area contributed by atoms with E-state index in [4.69, 9.17) is 0 Å². The normalized spacial score (nSPS) is 18.6. The SMILES string of the molecule is CC[NH+]1CCN(C(=O)c2nc3c4c5c(sc4ncn3n2)CCCC5)CC1. The average Bonchev–Trinajstić information content (AvgIpc) is 3.28. The zero-order valence-electron chi connectivity index (χ0n) is 15.0. The highest BCUT2D eigenvalue weighted by Gasteiger charge is 2.27. The van der Waals surface area contributed by atoms with E-state index in [0.29, 0.717) is 5.82 Å². The minimum Gasteiger partial charge on any atom is -0.332 e. The molecule has 3 aromatic heterocycles. The molecule has 136 valence electrons. The van der Waals surface area contributed by atoms with Crippen LogP contribution in [0.4, 0.5) is 0 Å². The molecule has 0 radical (unpaired) electrons. The van der Waals surface area contributed by atoms with Crippen molar-refractivity contribution in [3.63, 3.8) is 0 Å². The second-order valence-corrected chi connectivity index (χ2v) is 8.32. The molecular weight excluding hydrogens is 348 g/mol. The number of piperazine rings is 1. The van der Waals surface area contributed by atoms with E-state index in [1.54, 1.807) is 27.1 Å². The maximum Gasteiger partial charge on any atom is 0.293 e. The molecule has 0 spiro atoms. The number of carbonyl (C=O) groups is 1. The summed E-state index contributed by atoms with van der Waals surface area (Å²) in [4.78, 5) is 28.0. The summed E-state index contributed by atoms with van der Waals surface area (Å²) in [6.45, 7) is 6.86. The Hall–Kier alpha value is -2.06. The maximum atomic E-state index is 12.9. The van der Waals surface area contributed by atoms with Gasteiger partial charge in [0.05, 0.1) is 38.1 Å². The molecule has 1 N–H and O–H groups in total. The Morgan fingerprint density at radius 2 is 2.08 bits per heavy atom. The van der Waals surface area contributed by atoms with Crippen molar-refractivity contribution in [1.82, 2.24) is 24.5 Å². The zero-order chi connectivity index (χ0) is 17.7. The summed E-state index contributed by atoms with van der Waals surface area (Å²) in [5, 5.41) is 5.57. The summed E-state index contributed by atoms with van der Waals surface area (Å²) < 4.78 is 1.69. The number of aryl methyl sites for hydroxylation is 2. The number of hydrogen-bond donors (Lipinski definition) is 1. The number of fused-ring (bicyclic) bond motifs is 5. The van der Waals surface area contributed by atoms with Crippen LogP contribution < -0.4 is 4.90 Å². The number of carbonyl (C=O) groups excluding carboxylic acids is 1. The quantitative estimate of drug-likeness (QED) is 0.716. The van der Waals surface area contributed by atoms with Gasteiger partial charge in [-0.1, -0.05) is 0 Å². The first-order chi connectivity index (χ1) is 12.7. The molecule has 0 saturated carbocycles. The van der Waals surface area contributed by atoms with E-state index in [1.807, 2.05) is 4.90 Å². The smallest absolute Gasteiger partial charge is 0.293 e. The maximum absolute atomic E-state index is 12.9. The minimum atomic E-state index is -0.0545. The number of amides is 1. The molecule has 4 heterocycles. The molecule has 7 nitrogen and oxygen atoms in total. The first-order valence-corrected chi connectivity index (χ1v) is 10.3. The van der Waals surface area contributed by atoms with E-state index < -0.39 is 0 Å². The molecule has 0 unspecified atom stereocenters. The first-order valence-electron chi connectivity index (χ1n) is 9.53. The zero-order valence-corrected chi connectivity index (χ0v) is 15.8. The molecule has 3 aromatic rings. The predicted octanol–water partition coefficient (Wildman–Crippen LogP) is 0.578. The van der Waals surface area contributed by atoms with Crippen LogP contribution in [0.1, 0.15) is 40.8 Å². The van der Waals surface area contributed by atoms with Crippen molar-refractivity contribution in [1.29, 1.82) is 0 Å². The van der Waals surface area contributed by atoms with Crippen LogP contribution in [-0.4, -0.2) is 63.1 Å². The number of hydrogen-bond acceptors (Lipinski definition) is 5. The van der Waals surface area contributed by atoms with Gasteiger partial charge in [0, 0.05) is 4.88 Å². The third-order valence-corrected chi connectivity index (χ3v) is 6.94. The number of thiophene rings is 1. The summed E-state index contributed by atoms with van der Waals surface area (Å²) in [6, 6.07) is 0. The minimum absolute atomic E-state index is 0.0545. The fraction of sp³-hybridized carbons (Fsp3) is 0.556. The third-order valence-electron chi connectivity index (χ3n) is 5.74.